The maximum absolute atomic E-state index is 11.6. The second-order valence-electron chi connectivity index (χ2n) is 4.13. The molecule has 0 aliphatic carbocycles. The zero-order chi connectivity index (χ0) is 11.3. The first-order chi connectivity index (χ1) is 7.09. The summed E-state index contributed by atoms with van der Waals surface area (Å²) >= 11 is 0. The van der Waals surface area contributed by atoms with Gasteiger partial charge in [0.2, 0.25) is 11.8 Å². The molecule has 1 rings (SSSR count). The van der Waals surface area contributed by atoms with Crippen LogP contribution in [0.4, 0.5) is 0 Å². The van der Waals surface area contributed by atoms with Crippen molar-refractivity contribution < 1.29 is 9.59 Å². The monoisotopic (exact) mass is 213 g/mol. The van der Waals surface area contributed by atoms with Crippen molar-refractivity contribution in [1.82, 2.24) is 15.5 Å². The number of likely N-dealkylation sites (N-methyl/N-ethyl adjacent to an activating group) is 1. The van der Waals surface area contributed by atoms with Crippen molar-refractivity contribution in [3.8, 4) is 0 Å². The summed E-state index contributed by atoms with van der Waals surface area (Å²) in [7, 11) is 3.92. The molecule has 86 valence electrons. The Morgan fingerprint density at radius 2 is 2.33 bits per heavy atom. The Balaban J connectivity index is 2.24. The van der Waals surface area contributed by atoms with E-state index in [0.29, 0.717) is 19.5 Å². The normalized spacial score (nSPS) is 21.3. The van der Waals surface area contributed by atoms with Crippen molar-refractivity contribution in [1.29, 1.82) is 0 Å². The lowest BCUT2D eigenvalue weighted by Gasteiger charge is -2.21. The Morgan fingerprint density at radius 1 is 1.60 bits per heavy atom. The van der Waals surface area contributed by atoms with E-state index in [-0.39, 0.29) is 17.7 Å². The Kier molecular flexibility index (Phi) is 4.55. The van der Waals surface area contributed by atoms with Gasteiger partial charge in [-0.2, -0.15) is 0 Å². The van der Waals surface area contributed by atoms with E-state index in [2.05, 4.69) is 10.6 Å². The van der Waals surface area contributed by atoms with Crippen molar-refractivity contribution in [3.63, 3.8) is 0 Å². The van der Waals surface area contributed by atoms with Crippen LogP contribution < -0.4 is 10.6 Å². The minimum Gasteiger partial charge on any atom is -0.356 e. The number of piperidine rings is 1. The fourth-order valence-electron chi connectivity index (χ4n) is 1.55. The highest BCUT2D eigenvalue weighted by Crippen LogP contribution is 2.11. The second-order valence-corrected chi connectivity index (χ2v) is 4.13. The third-order valence-electron chi connectivity index (χ3n) is 2.48. The van der Waals surface area contributed by atoms with E-state index >= 15 is 0 Å². The molecule has 15 heavy (non-hydrogen) atoms. The van der Waals surface area contributed by atoms with Gasteiger partial charge in [-0.1, -0.05) is 0 Å². The number of nitrogens with zero attached hydrogens (tertiary/aromatic N) is 1. The average molecular weight is 213 g/mol. The van der Waals surface area contributed by atoms with Gasteiger partial charge in [0.25, 0.3) is 0 Å². The average Bonchev–Trinajstić information content (AvgIpc) is 2.17. The van der Waals surface area contributed by atoms with E-state index in [1.807, 2.05) is 19.0 Å². The third kappa shape index (κ3) is 4.29. The zero-order valence-electron chi connectivity index (χ0n) is 9.38. The lowest BCUT2D eigenvalue weighted by atomic mass is 9.97. The van der Waals surface area contributed by atoms with Crippen LogP contribution in [0.3, 0.4) is 0 Å². The van der Waals surface area contributed by atoms with Gasteiger partial charge in [-0.3, -0.25) is 9.59 Å². The molecule has 5 nitrogen and oxygen atoms in total. The highest BCUT2D eigenvalue weighted by Gasteiger charge is 2.24. The zero-order valence-corrected chi connectivity index (χ0v) is 9.38. The van der Waals surface area contributed by atoms with Crippen molar-refractivity contribution >= 4 is 11.8 Å². The van der Waals surface area contributed by atoms with Crippen LogP contribution in [0.5, 0.6) is 0 Å². The second kappa shape index (κ2) is 5.70. The van der Waals surface area contributed by atoms with Crippen LogP contribution in [-0.2, 0) is 9.59 Å². The van der Waals surface area contributed by atoms with E-state index in [1.165, 1.54) is 0 Å². The van der Waals surface area contributed by atoms with Crippen LogP contribution in [0, 0.1) is 5.92 Å². The molecule has 0 aromatic heterocycles. The first kappa shape index (κ1) is 12.0. The number of nitrogens with one attached hydrogen (secondary N) is 2. The molecule has 1 atom stereocenters. The summed E-state index contributed by atoms with van der Waals surface area (Å²) in [5.74, 6) is -0.151. The highest BCUT2D eigenvalue weighted by atomic mass is 16.2. The summed E-state index contributed by atoms with van der Waals surface area (Å²) in [4.78, 5) is 24.7. The summed E-state index contributed by atoms with van der Waals surface area (Å²) in [6, 6.07) is 0. The highest BCUT2D eigenvalue weighted by molar-refractivity contribution is 5.86. The Morgan fingerprint density at radius 3 is 2.93 bits per heavy atom. The van der Waals surface area contributed by atoms with Crippen LogP contribution in [0.25, 0.3) is 0 Å². The fourth-order valence-corrected chi connectivity index (χ4v) is 1.55. The molecule has 5 heteroatoms. The summed E-state index contributed by atoms with van der Waals surface area (Å²) in [6.45, 7) is 2.08. The molecule has 1 aliphatic rings. The number of rotatable bonds is 4. The number of carbonyl (C=O) groups excluding carboxylic acids is 2. The summed E-state index contributed by atoms with van der Waals surface area (Å²) in [6.07, 6.45) is 1.08. The Hall–Kier alpha value is -1.10. The molecular weight excluding hydrogens is 194 g/mol. The van der Waals surface area contributed by atoms with Crippen LogP contribution in [0.15, 0.2) is 0 Å². The van der Waals surface area contributed by atoms with Gasteiger partial charge in [-0.25, -0.2) is 0 Å². The molecule has 0 aromatic rings. The first-order valence-electron chi connectivity index (χ1n) is 5.28. The van der Waals surface area contributed by atoms with E-state index < -0.39 is 0 Å². The van der Waals surface area contributed by atoms with Gasteiger partial charge in [0.05, 0.1) is 0 Å². The number of carbonyl (C=O) groups is 2. The van der Waals surface area contributed by atoms with Gasteiger partial charge in [0, 0.05) is 32.0 Å². The molecule has 0 bridgehead atoms. The molecule has 0 spiro atoms. The minimum absolute atomic E-state index is 0.00620. The maximum Gasteiger partial charge on any atom is 0.223 e. The number of hydrogen-bond acceptors (Lipinski definition) is 3. The third-order valence-corrected chi connectivity index (χ3v) is 2.48. The van der Waals surface area contributed by atoms with Gasteiger partial charge in [0.1, 0.15) is 0 Å². The smallest absolute Gasteiger partial charge is 0.223 e. The lowest BCUT2D eigenvalue weighted by Crippen LogP contribution is -2.42. The predicted octanol–water partition coefficient (Wildman–Crippen LogP) is -0.810. The Labute approximate surface area is 90.2 Å². The molecule has 2 amide bonds. The molecular formula is C10H19N3O2. The largest absolute Gasteiger partial charge is 0.356 e. The van der Waals surface area contributed by atoms with Crippen molar-refractivity contribution in [2.24, 2.45) is 5.92 Å². The molecule has 1 heterocycles. The standard InChI is InChI=1S/C10H19N3O2/c1-13(2)6-5-12-10(15)8-3-4-11-9(14)7-8/h8H,3-7H2,1-2H3,(H,11,14)(H,12,15). The van der Waals surface area contributed by atoms with Crippen molar-refractivity contribution in [2.75, 3.05) is 33.7 Å². The topological polar surface area (TPSA) is 61.4 Å². The van der Waals surface area contributed by atoms with Crippen LogP contribution in [0.1, 0.15) is 12.8 Å². The molecule has 0 radical (unpaired) electrons. The van der Waals surface area contributed by atoms with E-state index in [0.717, 1.165) is 13.0 Å². The van der Waals surface area contributed by atoms with Crippen molar-refractivity contribution in [2.45, 2.75) is 12.8 Å². The summed E-state index contributed by atoms with van der Waals surface area (Å²) in [5.41, 5.74) is 0. The predicted molar refractivity (Wildman–Crippen MR) is 57.3 cm³/mol. The van der Waals surface area contributed by atoms with E-state index in [9.17, 15) is 9.59 Å². The maximum atomic E-state index is 11.6. The number of amides is 2. The molecule has 1 unspecified atom stereocenters. The first-order valence-corrected chi connectivity index (χ1v) is 5.28. The van der Waals surface area contributed by atoms with Crippen LogP contribution >= 0.6 is 0 Å². The van der Waals surface area contributed by atoms with Gasteiger partial charge in [-0.05, 0) is 20.5 Å². The molecule has 1 fully saturated rings. The van der Waals surface area contributed by atoms with Crippen LogP contribution in [-0.4, -0.2) is 50.4 Å². The molecule has 0 aromatic carbocycles. The lowest BCUT2D eigenvalue weighted by molar-refractivity contribution is -0.132. The van der Waals surface area contributed by atoms with E-state index in [4.69, 9.17) is 0 Å². The van der Waals surface area contributed by atoms with Gasteiger partial charge in [0.15, 0.2) is 0 Å². The van der Waals surface area contributed by atoms with E-state index in [1.54, 1.807) is 0 Å². The summed E-state index contributed by atoms with van der Waals surface area (Å²) in [5, 5.41) is 5.56. The molecule has 2 N–H and O–H groups in total. The molecule has 1 saturated heterocycles. The van der Waals surface area contributed by atoms with Gasteiger partial charge >= 0.3 is 0 Å². The Bertz CT molecular complexity index is 241. The number of hydrogen-bond donors (Lipinski definition) is 2. The fraction of sp³-hybridized carbons (Fsp3) is 0.800. The van der Waals surface area contributed by atoms with Gasteiger partial charge < -0.3 is 15.5 Å². The van der Waals surface area contributed by atoms with Crippen molar-refractivity contribution in [3.05, 3.63) is 0 Å². The quantitative estimate of drug-likeness (QED) is 0.642. The molecule has 1 aliphatic heterocycles. The molecule has 0 saturated carbocycles. The van der Waals surface area contributed by atoms with Crippen LogP contribution in [0.2, 0.25) is 0 Å². The minimum atomic E-state index is -0.138. The SMILES string of the molecule is CN(C)CCNC(=O)C1CCNC(=O)C1. The van der Waals surface area contributed by atoms with Gasteiger partial charge in [-0.15, -0.1) is 0 Å². The summed E-state index contributed by atoms with van der Waals surface area (Å²) < 4.78 is 0.